The predicted octanol–water partition coefficient (Wildman–Crippen LogP) is 2.51. The number of phenols is 1. The van der Waals surface area contributed by atoms with Gasteiger partial charge < -0.3 is 9.84 Å². The third kappa shape index (κ3) is 3.31. The van der Waals surface area contributed by atoms with Crippen molar-refractivity contribution in [3.63, 3.8) is 0 Å². The average molecular weight is 238 g/mol. The lowest BCUT2D eigenvalue weighted by atomic mass is 10.1. The van der Waals surface area contributed by atoms with Crippen LogP contribution in [0.5, 0.6) is 5.75 Å². The minimum Gasteiger partial charge on any atom is -0.507 e. The second kappa shape index (κ2) is 6.23. The molecule has 0 aromatic heterocycles. The van der Waals surface area contributed by atoms with Crippen molar-refractivity contribution in [3.8, 4) is 5.75 Å². The molecule has 0 bridgehead atoms. The second-order valence-corrected chi connectivity index (χ2v) is 3.63. The van der Waals surface area contributed by atoms with Crippen LogP contribution in [0.1, 0.15) is 22.3 Å². The van der Waals surface area contributed by atoms with Gasteiger partial charge in [0.15, 0.2) is 0 Å². The molecule has 86 valence electrons. The lowest BCUT2D eigenvalue weighted by molar-refractivity contribution is 0.0597. The predicted molar refractivity (Wildman–Crippen MR) is 67.0 cm³/mol. The van der Waals surface area contributed by atoms with Gasteiger partial charge in [0.05, 0.1) is 7.11 Å². The fourth-order valence-electron chi connectivity index (χ4n) is 1.23. The Morgan fingerprint density at radius 1 is 1.56 bits per heavy atom. The zero-order valence-corrected chi connectivity index (χ0v) is 9.91. The summed E-state index contributed by atoms with van der Waals surface area (Å²) in [6.07, 6.45) is 4.69. The third-order valence-electron chi connectivity index (χ3n) is 2.03. The SMILES string of the molecule is COC(=O)c1ccc(C=CCCS)cc1O. The summed E-state index contributed by atoms with van der Waals surface area (Å²) < 4.78 is 4.53. The molecule has 0 heterocycles. The van der Waals surface area contributed by atoms with Crippen molar-refractivity contribution in [3.05, 3.63) is 35.4 Å². The van der Waals surface area contributed by atoms with Gasteiger partial charge >= 0.3 is 5.97 Å². The van der Waals surface area contributed by atoms with Crippen molar-refractivity contribution in [2.24, 2.45) is 0 Å². The number of ether oxygens (including phenoxy) is 1. The Kier molecular flexibility index (Phi) is 4.92. The molecular weight excluding hydrogens is 224 g/mol. The molecule has 0 saturated heterocycles. The minimum atomic E-state index is -0.539. The molecule has 3 nitrogen and oxygen atoms in total. The Labute approximate surface area is 100 Å². The Bertz CT molecular complexity index is 399. The van der Waals surface area contributed by atoms with Crippen LogP contribution in [0.3, 0.4) is 0 Å². The van der Waals surface area contributed by atoms with Crippen LogP contribution in [-0.4, -0.2) is 23.9 Å². The number of thiol groups is 1. The molecule has 0 radical (unpaired) electrons. The highest BCUT2D eigenvalue weighted by Gasteiger charge is 2.10. The summed E-state index contributed by atoms with van der Waals surface area (Å²) >= 11 is 4.08. The number of phenolic OH excluding ortho intramolecular Hbond substituents is 1. The van der Waals surface area contributed by atoms with Gasteiger partial charge in [-0.2, -0.15) is 12.6 Å². The fraction of sp³-hybridized carbons (Fsp3) is 0.250. The summed E-state index contributed by atoms with van der Waals surface area (Å²) in [7, 11) is 1.28. The maximum atomic E-state index is 11.2. The van der Waals surface area contributed by atoms with E-state index in [-0.39, 0.29) is 11.3 Å². The number of rotatable bonds is 4. The van der Waals surface area contributed by atoms with Gasteiger partial charge in [-0.15, -0.1) is 0 Å². The molecule has 0 spiro atoms. The van der Waals surface area contributed by atoms with Gasteiger partial charge in [-0.05, 0) is 29.9 Å². The first-order valence-corrected chi connectivity index (χ1v) is 5.51. The molecule has 1 aromatic carbocycles. The number of hydrogen-bond acceptors (Lipinski definition) is 4. The van der Waals surface area contributed by atoms with Gasteiger partial charge in [0.25, 0.3) is 0 Å². The third-order valence-corrected chi connectivity index (χ3v) is 2.29. The van der Waals surface area contributed by atoms with Gasteiger partial charge in [0.1, 0.15) is 11.3 Å². The number of allylic oxidation sites excluding steroid dienone is 1. The topological polar surface area (TPSA) is 46.5 Å². The number of aromatic hydroxyl groups is 1. The fourth-order valence-corrected chi connectivity index (χ4v) is 1.38. The minimum absolute atomic E-state index is 0.0696. The van der Waals surface area contributed by atoms with E-state index in [4.69, 9.17) is 0 Å². The van der Waals surface area contributed by atoms with Crippen LogP contribution in [0.25, 0.3) is 6.08 Å². The van der Waals surface area contributed by atoms with Crippen LogP contribution >= 0.6 is 12.6 Å². The number of benzene rings is 1. The molecule has 0 aliphatic carbocycles. The first-order valence-electron chi connectivity index (χ1n) is 4.87. The standard InChI is InChI=1S/C12H14O3S/c1-15-12(14)10-6-5-9(8-11(10)13)4-2-3-7-16/h2,4-6,8,13,16H,3,7H2,1H3. The molecule has 0 atom stereocenters. The normalized spacial score (nSPS) is 10.6. The molecule has 16 heavy (non-hydrogen) atoms. The zero-order chi connectivity index (χ0) is 12.0. The van der Waals surface area contributed by atoms with Crippen LogP contribution < -0.4 is 0 Å². The monoisotopic (exact) mass is 238 g/mol. The van der Waals surface area contributed by atoms with Crippen LogP contribution in [0.4, 0.5) is 0 Å². The first kappa shape index (κ1) is 12.6. The average Bonchev–Trinajstić information content (AvgIpc) is 2.29. The number of carbonyl (C=O) groups excluding carboxylic acids is 1. The number of methoxy groups -OCH3 is 1. The van der Waals surface area contributed by atoms with Crippen LogP contribution in [-0.2, 0) is 4.74 Å². The van der Waals surface area contributed by atoms with Crippen molar-refractivity contribution in [2.45, 2.75) is 6.42 Å². The van der Waals surface area contributed by atoms with E-state index in [1.807, 2.05) is 12.2 Å². The van der Waals surface area contributed by atoms with Crippen LogP contribution in [0.15, 0.2) is 24.3 Å². The van der Waals surface area contributed by atoms with Crippen molar-refractivity contribution in [2.75, 3.05) is 12.9 Å². The van der Waals surface area contributed by atoms with Gasteiger partial charge in [-0.3, -0.25) is 0 Å². The van der Waals surface area contributed by atoms with Gasteiger partial charge in [0.2, 0.25) is 0 Å². The smallest absolute Gasteiger partial charge is 0.341 e. The maximum Gasteiger partial charge on any atom is 0.341 e. The molecule has 0 saturated carbocycles. The highest BCUT2D eigenvalue weighted by atomic mass is 32.1. The molecule has 0 amide bonds. The van der Waals surface area contributed by atoms with Crippen molar-refractivity contribution < 1.29 is 14.6 Å². The van der Waals surface area contributed by atoms with Crippen molar-refractivity contribution in [1.29, 1.82) is 0 Å². The summed E-state index contributed by atoms with van der Waals surface area (Å²) in [4.78, 5) is 11.2. The van der Waals surface area contributed by atoms with E-state index in [1.54, 1.807) is 12.1 Å². The first-order chi connectivity index (χ1) is 7.69. The highest BCUT2D eigenvalue weighted by Crippen LogP contribution is 2.20. The van der Waals surface area contributed by atoms with E-state index >= 15 is 0 Å². The lowest BCUT2D eigenvalue weighted by Gasteiger charge is -2.03. The van der Waals surface area contributed by atoms with Gasteiger partial charge in [-0.1, -0.05) is 18.2 Å². The molecule has 0 fully saturated rings. The summed E-state index contributed by atoms with van der Waals surface area (Å²) in [5.41, 5.74) is 1.01. The Balaban J connectivity index is 2.86. The van der Waals surface area contributed by atoms with E-state index in [1.165, 1.54) is 13.2 Å². The summed E-state index contributed by atoms with van der Waals surface area (Å²) in [5, 5.41) is 9.60. The molecule has 0 aliphatic heterocycles. The van der Waals surface area contributed by atoms with E-state index in [0.717, 1.165) is 17.7 Å². The van der Waals surface area contributed by atoms with E-state index in [2.05, 4.69) is 17.4 Å². The Morgan fingerprint density at radius 2 is 2.31 bits per heavy atom. The van der Waals surface area contributed by atoms with E-state index in [9.17, 15) is 9.90 Å². The number of carbonyl (C=O) groups is 1. The summed E-state index contributed by atoms with van der Waals surface area (Å²) in [5.74, 6) is 0.172. The van der Waals surface area contributed by atoms with Crippen LogP contribution in [0.2, 0.25) is 0 Å². The molecule has 1 N–H and O–H groups in total. The molecule has 1 rings (SSSR count). The Morgan fingerprint density at radius 3 is 2.88 bits per heavy atom. The molecule has 4 heteroatoms. The second-order valence-electron chi connectivity index (χ2n) is 3.18. The van der Waals surface area contributed by atoms with Gasteiger partial charge in [0, 0.05) is 0 Å². The van der Waals surface area contributed by atoms with Crippen molar-refractivity contribution >= 4 is 24.7 Å². The molecular formula is C12H14O3S. The largest absolute Gasteiger partial charge is 0.507 e. The molecule has 1 aromatic rings. The zero-order valence-electron chi connectivity index (χ0n) is 9.01. The molecule has 0 unspecified atom stereocenters. The molecule has 0 aliphatic rings. The summed E-state index contributed by atoms with van der Waals surface area (Å²) in [6.45, 7) is 0. The number of hydrogen-bond donors (Lipinski definition) is 2. The highest BCUT2D eigenvalue weighted by molar-refractivity contribution is 7.80. The number of esters is 1. The maximum absolute atomic E-state index is 11.2. The van der Waals surface area contributed by atoms with Crippen LogP contribution in [0, 0.1) is 0 Å². The van der Waals surface area contributed by atoms with E-state index < -0.39 is 5.97 Å². The van der Waals surface area contributed by atoms with Crippen molar-refractivity contribution in [1.82, 2.24) is 0 Å². The Hall–Kier alpha value is -1.42. The van der Waals surface area contributed by atoms with Gasteiger partial charge in [-0.25, -0.2) is 4.79 Å². The lowest BCUT2D eigenvalue weighted by Crippen LogP contribution is -2.01. The summed E-state index contributed by atoms with van der Waals surface area (Å²) in [6, 6.07) is 4.82. The quantitative estimate of drug-likeness (QED) is 0.626. The van der Waals surface area contributed by atoms with E-state index in [0.29, 0.717) is 0 Å².